The van der Waals surface area contributed by atoms with E-state index in [4.69, 9.17) is 11.6 Å². The van der Waals surface area contributed by atoms with Crippen molar-refractivity contribution >= 4 is 55.1 Å². The van der Waals surface area contributed by atoms with Gasteiger partial charge in [-0.05, 0) is 37.6 Å². The van der Waals surface area contributed by atoms with Crippen LogP contribution in [0.1, 0.15) is 28.7 Å². The Kier molecular flexibility index (Phi) is 4.17. The number of fused-ring (bicyclic) bond motifs is 1. The van der Waals surface area contributed by atoms with Gasteiger partial charge in [0.1, 0.15) is 10.2 Å². The van der Waals surface area contributed by atoms with Gasteiger partial charge in [0.15, 0.2) is 9.84 Å². The van der Waals surface area contributed by atoms with Gasteiger partial charge < -0.3 is 0 Å². The number of para-hydroxylation sites is 1. The van der Waals surface area contributed by atoms with Crippen molar-refractivity contribution in [1.82, 2.24) is 14.8 Å². The van der Waals surface area contributed by atoms with E-state index in [1.54, 1.807) is 16.0 Å². The maximum atomic E-state index is 11.7. The van der Waals surface area contributed by atoms with Crippen LogP contribution in [0.2, 0.25) is 5.15 Å². The Morgan fingerprint density at radius 3 is 2.84 bits per heavy atom. The summed E-state index contributed by atoms with van der Waals surface area (Å²) in [6.07, 6.45) is 4.39. The van der Waals surface area contributed by atoms with Crippen LogP contribution in [0.15, 0.2) is 24.3 Å². The van der Waals surface area contributed by atoms with E-state index in [2.05, 4.69) is 10.1 Å². The minimum Gasteiger partial charge on any atom is -0.249 e. The van der Waals surface area contributed by atoms with E-state index in [-0.39, 0.29) is 17.5 Å². The fourth-order valence-corrected chi connectivity index (χ4v) is 5.99. The van der Waals surface area contributed by atoms with Gasteiger partial charge in [-0.2, -0.15) is 5.10 Å². The molecule has 5 nitrogen and oxygen atoms in total. The molecule has 2 aromatic heterocycles. The second kappa shape index (κ2) is 6.23. The van der Waals surface area contributed by atoms with E-state index >= 15 is 0 Å². The predicted octanol–water partition coefficient (Wildman–Crippen LogP) is 3.98. The van der Waals surface area contributed by atoms with E-state index in [1.807, 2.05) is 43.3 Å². The Morgan fingerprint density at radius 1 is 1.32 bits per heavy atom. The Morgan fingerprint density at radius 2 is 2.12 bits per heavy atom. The van der Waals surface area contributed by atoms with Crippen LogP contribution in [0.25, 0.3) is 22.4 Å². The number of thiazole rings is 1. The third kappa shape index (κ3) is 3.23. The molecule has 0 aliphatic carbocycles. The number of nitrogens with zero attached hydrogens (tertiary/aromatic N) is 3. The molecule has 0 spiro atoms. The molecular weight excluding hydrogens is 378 g/mol. The van der Waals surface area contributed by atoms with Crippen molar-refractivity contribution in [2.45, 2.75) is 19.4 Å². The summed E-state index contributed by atoms with van der Waals surface area (Å²) in [7, 11) is -2.98. The summed E-state index contributed by atoms with van der Waals surface area (Å²) >= 11 is 8.10. The lowest BCUT2D eigenvalue weighted by Gasteiger charge is -2.09. The van der Waals surface area contributed by atoms with Crippen molar-refractivity contribution in [2.75, 3.05) is 11.5 Å². The molecule has 25 heavy (non-hydrogen) atoms. The quantitative estimate of drug-likeness (QED) is 0.675. The van der Waals surface area contributed by atoms with Crippen molar-refractivity contribution in [3.8, 4) is 0 Å². The van der Waals surface area contributed by atoms with Crippen molar-refractivity contribution in [1.29, 1.82) is 0 Å². The highest BCUT2D eigenvalue weighted by Crippen LogP contribution is 2.31. The number of rotatable bonds is 3. The molecule has 4 rings (SSSR count). The summed E-state index contributed by atoms with van der Waals surface area (Å²) in [4.78, 5) is 4.57. The molecule has 0 amide bonds. The van der Waals surface area contributed by atoms with E-state index in [9.17, 15) is 8.42 Å². The van der Waals surface area contributed by atoms with Crippen molar-refractivity contribution in [3.63, 3.8) is 0 Å². The lowest BCUT2D eigenvalue weighted by atomic mass is 10.2. The highest BCUT2D eigenvalue weighted by atomic mass is 35.5. The molecule has 1 saturated heterocycles. The van der Waals surface area contributed by atoms with Crippen LogP contribution in [-0.2, 0) is 9.84 Å². The summed E-state index contributed by atoms with van der Waals surface area (Å²) in [6.45, 7) is 1.88. The number of hydrogen-bond donors (Lipinski definition) is 0. The van der Waals surface area contributed by atoms with Crippen molar-refractivity contribution in [3.05, 3.63) is 45.7 Å². The number of aromatic nitrogens is 3. The summed E-state index contributed by atoms with van der Waals surface area (Å²) in [6, 6.07) is 7.81. The van der Waals surface area contributed by atoms with Gasteiger partial charge >= 0.3 is 0 Å². The third-order valence-electron chi connectivity index (χ3n) is 4.33. The molecule has 0 saturated carbocycles. The number of hydrogen-bond acceptors (Lipinski definition) is 5. The van der Waals surface area contributed by atoms with Gasteiger partial charge in [0.25, 0.3) is 0 Å². The first kappa shape index (κ1) is 16.8. The van der Waals surface area contributed by atoms with Gasteiger partial charge in [0, 0.05) is 5.56 Å². The normalized spacial score (nSPS) is 20.0. The molecule has 0 N–H and O–H groups in total. The number of benzene rings is 1. The first-order valence-corrected chi connectivity index (χ1v) is 10.9. The minimum atomic E-state index is -2.98. The molecule has 1 aliphatic rings. The average Bonchev–Trinajstić information content (AvgIpc) is 3.21. The fraction of sp³-hybridized carbons (Fsp3) is 0.294. The Balaban J connectivity index is 1.64. The molecule has 1 aliphatic heterocycles. The molecule has 130 valence electrons. The summed E-state index contributed by atoms with van der Waals surface area (Å²) in [5, 5.41) is 5.84. The van der Waals surface area contributed by atoms with Gasteiger partial charge in [0.05, 0.1) is 33.5 Å². The largest absolute Gasteiger partial charge is 0.249 e. The van der Waals surface area contributed by atoms with Crippen molar-refractivity contribution in [2.24, 2.45) is 0 Å². The topological polar surface area (TPSA) is 64.8 Å². The Bertz CT molecular complexity index is 1050. The van der Waals surface area contributed by atoms with E-state index < -0.39 is 9.84 Å². The lowest BCUT2D eigenvalue weighted by Crippen LogP contribution is -2.12. The Hall–Kier alpha value is -1.70. The Labute approximate surface area is 154 Å². The van der Waals surface area contributed by atoms with Crippen LogP contribution in [0.3, 0.4) is 0 Å². The predicted molar refractivity (Wildman–Crippen MR) is 103 cm³/mol. The zero-order valence-corrected chi connectivity index (χ0v) is 15.9. The average molecular weight is 394 g/mol. The van der Waals surface area contributed by atoms with Gasteiger partial charge in [-0.1, -0.05) is 23.7 Å². The van der Waals surface area contributed by atoms with Crippen LogP contribution >= 0.6 is 22.9 Å². The molecule has 0 bridgehead atoms. The highest BCUT2D eigenvalue weighted by Gasteiger charge is 2.31. The SMILES string of the molecule is Cc1nn([C@@H]2CCS(=O)(=O)C2)c(Cl)c1/C=C/c1nc2ccccc2s1. The molecule has 0 radical (unpaired) electrons. The maximum Gasteiger partial charge on any atom is 0.152 e. The fourth-order valence-electron chi connectivity index (χ4n) is 3.05. The summed E-state index contributed by atoms with van der Waals surface area (Å²) in [5.74, 6) is 0.304. The second-order valence-electron chi connectivity index (χ2n) is 6.14. The first-order chi connectivity index (χ1) is 11.9. The zero-order valence-electron chi connectivity index (χ0n) is 13.5. The van der Waals surface area contributed by atoms with Gasteiger partial charge in [-0.3, -0.25) is 0 Å². The minimum absolute atomic E-state index is 0.106. The van der Waals surface area contributed by atoms with E-state index in [0.717, 1.165) is 26.5 Å². The summed E-state index contributed by atoms with van der Waals surface area (Å²) in [5.41, 5.74) is 2.57. The molecular formula is C17H16ClN3O2S2. The van der Waals surface area contributed by atoms with Crippen LogP contribution < -0.4 is 0 Å². The van der Waals surface area contributed by atoms with Crippen LogP contribution in [0, 0.1) is 6.92 Å². The number of sulfone groups is 1. The molecule has 3 aromatic rings. The van der Waals surface area contributed by atoms with Crippen LogP contribution in [-0.4, -0.2) is 34.7 Å². The first-order valence-electron chi connectivity index (χ1n) is 7.92. The monoisotopic (exact) mass is 393 g/mol. The second-order valence-corrected chi connectivity index (χ2v) is 9.79. The third-order valence-corrected chi connectivity index (χ3v) is 7.46. The molecule has 1 atom stereocenters. The van der Waals surface area contributed by atoms with E-state index in [1.165, 1.54) is 0 Å². The molecule has 8 heteroatoms. The summed E-state index contributed by atoms with van der Waals surface area (Å²) < 4.78 is 26.2. The van der Waals surface area contributed by atoms with Crippen LogP contribution in [0.4, 0.5) is 0 Å². The number of halogens is 1. The van der Waals surface area contributed by atoms with E-state index in [0.29, 0.717) is 11.6 Å². The number of aryl methyl sites for hydroxylation is 1. The zero-order chi connectivity index (χ0) is 17.6. The molecule has 3 heterocycles. The smallest absolute Gasteiger partial charge is 0.152 e. The molecule has 1 aromatic carbocycles. The standard InChI is InChI=1S/C17H16ClN3O2S2/c1-11-13(6-7-16-19-14-4-2-3-5-15(14)24-16)17(18)21(20-11)12-8-9-25(22,23)10-12/h2-7,12H,8-10H2,1H3/b7-6+/t12-/m1/s1. The maximum absolute atomic E-state index is 11.7. The van der Waals surface area contributed by atoms with Gasteiger partial charge in [0.2, 0.25) is 0 Å². The lowest BCUT2D eigenvalue weighted by molar-refractivity contribution is 0.497. The highest BCUT2D eigenvalue weighted by molar-refractivity contribution is 7.91. The van der Waals surface area contributed by atoms with Crippen LogP contribution in [0.5, 0.6) is 0 Å². The van der Waals surface area contributed by atoms with Gasteiger partial charge in [-0.25, -0.2) is 18.1 Å². The molecule has 0 unspecified atom stereocenters. The van der Waals surface area contributed by atoms with Gasteiger partial charge in [-0.15, -0.1) is 11.3 Å². The molecule has 1 fully saturated rings. The van der Waals surface area contributed by atoms with Crippen molar-refractivity contribution < 1.29 is 8.42 Å².